The van der Waals surface area contributed by atoms with Crippen molar-refractivity contribution < 1.29 is 14.6 Å². The van der Waals surface area contributed by atoms with Crippen molar-refractivity contribution in [2.45, 2.75) is 25.0 Å². The molecular weight excluding hydrogens is 288 g/mol. The van der Waals surface area contributed by atoms with Crippen LogP contribution in [0.5, 0.6) is 11.5 Å². The zero-order valence-corrected chi connectivity index (χ0v) is 12.5. The Kier molecular flexibility index (Phi) is 4.04. The van der Waals surface area contributed by atoms with Gasteiger partial charge in [-0.2, -0.15) is 0 Å². The summed E-state index contributed by atoms with van der Waals surface area (Å²) in [7, 11) is 1.56. The van der Waals surface area contributed by atoms with Gasteiger partial charge in [-0.3, -0.25) is 0 Å². The van der Waals surface area contributed by atoms with E-state index < -0.39 is 6.10 Å². The van der Waals surface area contributed by atoms with E-state index in [0.717, 1.165) is 24.2 Å². The lowest BCUT2D eigenvalue weighted by molar-refractivity contribution is 0.214. The van der Waals surface area contributed by atoms with Crippen molar-refractivity contribution in [2.75, 3.05) is 7.11 Å². The molecule has 3 rings (SSSR count). The molecule has 3 nitrogen and oxygen atoms in total. The van der Waals surface area contributed by atoms with Gasteiger partial charge < -0.3 is 14.6 Å². The molecule has 0 aliphatic heterocycles. The summed E-state index contributed by atoms with van der Waals surface area (Å²) in [6.45, 7) is 0. The molecule has 1 aliphatic rings. The maximum absolute atomic E-state index is 10.5. The summed E-state index contributed by atoms with van der Waals surface area (Å²) in [5.74, 6) is 1.42. The number of hydrogen-bond donors (Lipinski definition) is 1. The fourth-order valence-electron chi connectivity index (χ4n) is 2.20. The Balaban J connectivity index is 1.81. The molecule has 0 saturated heterocycles. The zero-order chi connectivity index (χ0) is 14.8. The molecule has 1 atom stereocenters. The van der Waals surface area contributed by atoms with Gasteiger partial charge in [0.05, 0.1) is 13.2 Å². The molecule has 0 radical (unpaired) electrons. The first kappa shape index (κ1) is 14.2. The molecule has 2 aromatic rings. The fourth-order valence-corrected chi connectivity index (χ4v) is 2.36. The molecule has 4 heteroatoms. The molecule has 0 aromatic heterocycles. The topological polar surface area (TPSA) is 38.7 Å². The van der Waals surface area contributed by atoms with Crippen LogP contribution in [0.25, 0.3) is 0 Å². The first-order valence-electron chi connectivity index (χ1n) is 6.95. The minimum Gasteiger partial charge on any atom is -0.496 e. The second kappa shape index (κ2) is 5.96. The first-order chi connectivity index (χ1) is 10.2. The summed E-state index contributed by atoms with van der Waals surface area (Å²) in [4.78, 5) is 0. The Morgan fingerprint density at radius 1 is 1.14 bits per heavy atom. The monoisotopic (exact) mass is 304 g/mol. The third kappa shape index (κ3) is 3.31. The quantitative estimate of drug-likeness (QED) is 0.908. The highest BCUT2D eigenvalue weighted by atomic mass is 35.5. The highest BCUT2D eigenvalue weighted by Gasteiger charge is 2.23. The standard InChI is InChI=1S/C17H17ClO3/c1-20-16-10-12(18)4-9-15(16)17(19)11-2-5-13(6-3-11)21-14-7-8-14/h2-6,9-10,14,17,19H,7-8H2,1H3. The van der Waals surface area contributed by atoms with E-state index in [1.807, 2.05) is 24.3 Å². The minimum atomic E-state index is -0.757. The van der Waals surface area contributed by atoms with E-state index >= 15 is 0 Å². The SMILES string of the molecule is COc1cc(Cl)ccc1C(O)c1ccc(OC2CC2)cc1. The fraction of sp³-hybridized carbons (Fsp3) is 0.294. The summed E-state index contributed by atoms with van der Waals surface area (Å²) in [5, 5.41) is 11.1. The van der Waals surface area contributed by atoms with Crippen molar-refractivity contribution in [1.29, 1.82) is 0 Å². The number of benzene rings is 2. The Morgan fingerprint density at radius 3 is 2.48 bits per heavy atom. The van der Waals surface area contributed by atoms with Crippen LogP contribution in [-0.4, -0.2) is 18.3 Å². The number of aliphatic hydroxyl groups excluding tert-OH is 1. The van der Waals surface area contributed by atoms with E-state index in [-0.39, 0.29) is 0 Å². The van der Waals surface area contributed by atoms with E-state index in [1.54, 1.807) is 25.3 Å². The molecular formula is C17H17ClO3. The van der Waals surface area contributed by atoms with Gasteiger partial charge in [0, 0.05) is 10.6 Å². The predicted molar refractivity (Wildman–Crippen MR) is 82.2 cm³/mol. The van der Waals surface area contributed by atoms with Crippen LogP contribution < -0.4 is 9.47 Å². The Labute approximate surface area is 129 Å². The summed E-state index contributed by atoms with van der Waals surface area (Å²) in [6.07, 6.45) is 1.88. The Bertz CT molecular complexity index is 620. The molecule has 0 spiro atoms. The Hall–Kier alpha value is -1.71. The number of ether oxygens (including phenoxy) is 2. The van der Waals surface area contributed by atoms with Crippen molar-refractivity contribution in [3.8, 4) is 11.5 Å². The predicted octanol–water partition coefficient (Wildman–Crippen LogP) is 3.97. The lowest BCUT2D eigenvalue weighted by Crippen LogP contribution is -2.03. The van der Waals surface area contributed by atoms with Crippen LogP contribution in [0.1, 0.15) is 30.1 Å². The van der Waals surface area contributed by atoms with Gasteiger partial charge in [0.15, 0.2) is 0 Å². The molecule has 1 fully saturated rings. The van der Waals surface area contributed by atoms with Gasteiger partial charge in [-0.05, 0) is 42.7 Å². The van der Waals surface area contributed by atoms with Crippen LogP contribution in [0, 0.1) is 0 Å². The molecule has 21 heavy (non-hydrogen) atoms. The summed E-state index contributed by atoms with van der Waals surface area (Å²) in [6, 6.07) is 12.7. The third-order valence-electron chi connectivity index (χ3n) is 3.51. The minimum absolute atomic E-state index is 0.372. The normalized spacial score (nSPS) is 15.6. The highest BCUT2D eigenvalue weighted by molar-refractivity contribution is 6.30. The number of rotatable bonds is 5. The molecule has 1 N–H and O–H groups in total. The van der Waals surface area contributed by atoms with E-state index in [2.05, 4.69) is 0 Å². The Morgan fingerprint density at radius 2 is 1.86 bits per heavy atom. The third-order valence-corrected chi connectivity index (χ3v) is 3.75. The van der Waals surface area contributed by atoms with Gasteiger partial charge in [-0.25, -0.2) is 0 Å². The largest absolute Gasteiger partial charge is 0.496 e. The van der Waals surface area contributed by atoms with Crippen molar-refractivity contribution in [3.63, 3.8) is 0 Å². The molecule has 0 heterocycles. The maximum Gasteiger partial charge on any atom is 0.126 e. The van der Waals surface area contributed by atoms with Gasteiger partial charge in [0.25, 0.3) is 0 Å². The van der Waals surface area contributed by atoms with Crippen LogP contribution >= 0.6 is 11.6 Å². The van der Waals surface area contributed by atoms with Crippen LogP contribution in [0.2, 0.25) is 5.02 Å². The van der Waals surface area contributed by atoms with Gasteiger partial charge in [0.2, 0.25) is 0 Å². The molecule has 110 valence electrons. The van der Waals surface area contributed by atoms with E-state index in [9.17, 15) is 5.11 Å². The number of hydrogen-bond acceptors (Lipinski definition) is 3. The molecule has 0 amide bonds. The number of methoxy groups -OCH3 is 1. The van der Waals surface area contributed by atoms with Crippen LogP contribution in [0.3, 0.4) is 0 Å². The second-order valence-corrected chi connectivity index (χ2v) is 5.61. The first-order valence-corrected chi connectivity index (χ1v) is 7.33. The van der Waals surface area contributed by atoms with Gasteiger partial charge in [-0.1, -0.05) is 29.8 Å². The zero-order valence-electron chi connectivity index (χ0n) is 11.8. The van der Waals surface area contributed by atoms with Crippen molar-refractivity contribution in [3.05, 3.63) is 58.6 Å². The van der Waals surface area contributed by atoms with E-state index in [1.165, 1.54) is 0 Å². The summed E-state index contributed by atoms with van der Waals surface area (Å²) in [5.41, 5.74) is 1.48. The average Bonchev–Trinajstić information content (AvgIpc) is 3.31. The number of aliphatic hydroxyl groups is 1. The lowest BCUT2D eigenvalue weighted by atomic mass is 10.0. The van der Waals surface area contributed by atoms with Gasteiger partial charge in [-0.15, -0.1) is 0 Å². The van der Waals surface area contributed by atoms with Gasteiger partial charge in [0.1, 0.15) is 17.6 Å². The molecule has 1 saturated carbocycles. The highest BCUT2D eigenvalue weighted by Crippen LogP contribution is 2.33. The van der Waals surface area contributed by atoms with Crippen LogP contribution in [-0.2, 0) is 0 Å². The average molecular weight is 305 g/mol. The summed E-state index contributed by atoms with van der Waals surface area (Å²) >= 11 is 5.94. The molecule has 0 bridgehead atoms. The lowest BCUT2D eigenvalue weighted by Gasteiger charge is -2.16. The van der Waals surface area contributed by atoms with Crippen LogP contribution in [0.4, 0.5) is 0 Å². The smallest absolute Gasteiger partial charge is 0.126 e. The maximum atomic E-state index is 10.5. The van der Waals surface area contributed by atoms with Crippen LogP contribution in [0.15, 0.2) is 42.5 Å². The van der Waals surface area contributed by atoms with Crippen molar-refractivity contribution >= 4 is 11.6 Å². The van der Waals surface area contributed by atoms with Crippen molar-refractivity contribution in [2.24, 2.45) is 0 Å². The molecule has 1 unspecified atom stereocenters. The van der Waals surface area contributed by atoms with E-state index in [4.69, 9.17) is 21.1 Å². The second-order valence-electron chi connectivity index (χ2n) is 5.18. The molecule has 2 aromatic carbocycles. The van der Waals surface area contributed by atoms with E-state index in [0.29, 0.717) is 22.4 Å². The number of halogens is 1. The molecule has 1 aliphatic carbocycles. The van der Waals surface area contributed by atoms with Gasteiger partial charge >= 0.3 is 0 Å². The van der Waals surface area contributed by atoms with Crippen molar-refractivity contribution in [1.82, 2.24) is 0 Å². The summed E-state index contributed by atoms with van der Waals surface area (Å²) < 4.78 is 11.0.